The molecule has 5 rings (SSSR count). The van der Waals surface area contributed by atoms with Crippen LogP contribution < -0.4 is 0 Å². The van der Waals surface area contributed by atoms with Gasteiger partial charge in [0.1, 0.15) is 5.78 Å². The number of carbonyl (C=O) groups excluding carboxylic acids is 1. The summed E-state index contributed by atoms with van der Waals surface area (Å²) in [4.78, 5) is 12.1. The lowest BCUT2D eigenvalue weighted by Gasteiger charge is -2.62. The summed E-state index contributed by atoms with van der Waals surface area (Å²) >= 11 is 0. The Morgan fingerprint density at radius 2 is 1.42 bits per heavy atom. The molecule has 1 nitrogen and oxygen atoms in total. The fourth-order valence-electron chi connectivity index (χ4n) is 9.58. The fraction of sp³-hybridized carbons (Fsp3) is 0.960. The van der Waals surface area contributed by atoms with Crippen molar-refractivity contribution in [1.82, 2.24) is 0 Å². The topological polar surface area (TPSA) is 17.1 Å². The summed E-state index contributed by atoms with van der Waals surface area (Å²) in [6, 6.07) is 0. The lowest BCUT2D eigenvalue weighted by Crippen LogP contribution is -2.55. The Labute approximate surface area is 161 Å². The molecule has 2 unspecified atom stereocenters. The van der Waals surface area contributed by atoms with Crippen LogP contribution in [0.25, 0.3) is 0 Å². The number of hydrogen-bond acceptors (Lipinski definition) is 1. The van der Waals surface area contributed by atoms with Gasteiger partial charge in [-0.3, -0.25) is 4.79 Å². The molecule has 0 bridgehead atoms. The van der Waals surface area contributed by atoms with Crippen molar-refractivity contribution < 1.29 is 4.79 Å². The van der Waals surface area contributed by atoms with E-state index in [1.54, 1.807) is 0 Å². The van der Waals surface area contributed by atoms with Crippen molar-refractivity contribution in [3.05, 3.63) is 0 Å². The third-order valence-electron chi connectivity index (χ3n) is 11.4. The molecule has 7 atom stereocenters. The van der Waals surface area contributed by atoms with Gasteiger partial charge in [0.05, 0.1) is 0 Å². The molecule has 0 aromatic carbocycles. The number of hydrogen-bond donors (Lipinski definition) is 0. The molecule has 0 aliphatic heterocycles. The maximum Gasteiger partial charge on any atom is 0.133 e. The molecule has 0 spiro atoms. The van der Waals surface area contributed by atoms with Crippen LogP contribution in [0.4, 0.5) is 0 Å². The highest BCUT2D eigenvalue weighted by atomic mass is 16.1. The molecular formula is C25H40O. The number of rotatable bonds is 1. The van der Waals surface area contributed by atoms with Crippen LogP contribution in [0.5, 0.6) is 0 Å². The number of ketones is 1. The number of carbonyl (C=O) groups is 1. The fourth-order valence-corrected chi connectivity index (χ4v) is 9.58. The first-order chi connectivity index (χ1) is 12.4. The smallest absolute Gasteiger partial charge is 0.133 e. The van der Waals surface area contributed by atoms with Crippen molar-refractivity contribution in [2.45, 2.75) is 104 Å². The van der Waals surface area contributed by atoms with E-state index >= 15 is 0 Å². The van der Waals surface area contributed by atoms with Crippen LogP contribution in [0.2, 0.25) is 0 Å². The first-order valence-electron chi connectivity index (χ1n) is 11.9. The lowest BCUT2D eigenvalue weighted by molar-refractivity contribution is -0.146. The summed E-state index contributed by atoms with van der Waals surface area (Å²) in [5.41, 5.74) is 1.68. The van der Waals surface area contributed by atoms with Gasteiger partial charge in [0.2, 0.25) is 0 Å². The van der Waals surface area contributed by atoms with E-state index in [1.165, 1.54) is 70.6 Å². The normalized spacial score (nSPS) is 54.7. The third kappa shape index (κ3) is 2.18. The van der Waals surface area contributed by atoms with Crippen LogP contribution in [-0.2, 0) is 4.79 Å². The van der Waals surface area contributed by atoms with E-state index in [1.807, 2.05) is 0 Å². The first kappa shape index (κ1) is 17.7. The van der Waals surface area contributed by atoms with Crippen molar-refractivity contribution in [2.75, 3.05) is 0 Å². The van der Waals surface area contributed by atoms with E-state index in [2.05, 4.69) is 20.8 Å². The van der Waals surface area contributed by atoms with Gasteiger partial charge in [-0.05, 0) is 104 Å². The standard InChI is InChI=1S/C25H40O/c1-23-13-10-19(26)16-18(23)8-9-20-21(23)11-15-25(3)22(20)12-14-24(25,2)17-6-4-5-7-17/h17-18,20-22H,4-16H2,1-3H3/t18?,20?,21-,22-,23-,24+,25-/m0/s1. The third-order valence-corrected chi connectivity index (χ3v) is 11.4. The highest BCUT2D eigenvalue weighted by Crippen LogP contribution is 2.72. The largest absolute Gasteiger partial charge is 0.300 e. The summed E-state index contributed by atoms with van der Waals surface area (Å²) in [6.07, 6.45) is 17.7. The van der Waals surface area contributed by atoms with Crippen molar-refractivity contribution in [1.29, 1.82) is 0 Å². The van der Waals surface area contributed by atoms with E-state index < -0.39 is 0 Å². The van der Waals surface area contributed by atoms with Crippen LogP contribution in [0, 0.1) is 45.8 Å². The molecule has 0 heterocycles. The predicted octanol–water partition coefficient (Wildman–Crippen LogP) is 6.79. The van der Waals surface area contributed by atoms with Gasteiger partial charge in [-0.2, -0.15) is 0 Å². The molecule has 0 aromatic rings. The van der Waals surface area contributed by atoms with Crippen LogP contribution in [0.15, 0.2) is 0 Å². The molecule has 26 heavy (non-hydrogen) atoms. The molecule has 0 amide bonds. The van der Waals surface area contributed by atoms with E-state index in [-0.39, 0.29) is 0 Å². The van der Waals surface area contributed by atoms with Crippen molar-refractivity contribution in [3.8, 4) is 0 Å². The summed E-state index contributed by atoms with van der Waals surface area (Å²) < 4.78 is 0. The van der Waals surface area contributed by atoms with Gasteiger partial charge in [-0.25, -0.2) is 0 Å². The summed E-state index contributed by atoms with van der Waals surface area (Å²) in [5.74, 6) is 5.12. The van der Waals surface area contributed by atoms with E-state index in [9.17, 15) is 4.79 Å². The van der Waals surface area contributed by atoms with Crippen LogP contribution in [0.3, 0.4) is 0 Å². The van der Waals surface area contributed by atoms with E-state index in [0.29, 0.717) is 27.9 Å². The maximum atomic E-state index is 12.1. The Bertz CT molecular complexity index is 589. The number of Topliss-reactive ketones (excluding diaryl/α,β-unsaturated/α-hetero) is 1. The van der Waals surface area contributed by atoms with Gasteiger partial charge < -0.3 is 0 Å². The average molecular weight is 357 g/mol. The Morgan fingerprint density at radius 3 is 2.19 bits per heavy atom. The zero-order valence-electron chi connectivity index (χ0n) is 17.5. The Morgan fingerprint density at radius 1 is 0.731 bits per heavy atom. The van der Waals surface area contributed by atoms with Gasteiger partial charge in [0.15, 0.2) is 0 Å². The molecular weight excluding hydrogens is 316 g/mol. The molecule has 146 valence electrons. The second-order valence-corrected chi connectivity index (χ2v) is 11.8. The van der Waals surface area contributed by atoms with Crippen molar-refractivity contribution >= 4 is 5.78 Å². The molecule has 0 saturated heterocycles. The predicted molar refractivity (Wildman–Crippen MR) is 107 cm³/mol. The molecule has 5 aliphatic carbocycles. The molecule has 0 aromatic heterocycles. The average Bonchev–Trinajstić information content (AvgIpc) is 3.24. The minimum absolute atomic E-state index is 0.477. The monoisotopic (exact) mass is 356 g/mol. The van der Waals surface area contributed by atoms with Gasteiger partial charge in [-0.15, -0.1) is 0 Å². The van der Waals surface area contributed by atoms with Gasteiger partial charge in [0, 0.05) is 12.8 Å². The second kappa shape index (κ2) is 5.84. The summed E-state index contributed by atoms with van der Waals surface area (Å²) in [5, 5.41) is 0. The van der Waals surface area contributed by atoms with Gasteiger partial charge in [-0.1, -0.05) is 33.6 Å². The van der Waals surface area contributed by atoms with Crippen LogP contribution in [0.1, 0.15) is 104 Å². The summed E-state index contributed by atoms with van der Waals surface area (Å²) in [6.45, 7) is 8.02. The first-order valence-corrected chi connectivity index (χ1v) is 11.9. The quantitative estimate of drug-likeness (QED) is 0.505. The minimum Gasteiger partial charge on any atom is -0.300 e. The zero-order chi connectivity index (χ0) is 18.2. The van der Waals surface area contributed by atoms with Crippen molar-refractivity contribution in [2.24, 2.45) is 45.8 Å². The second-order valence-electron chi connectivity index (χ2n) is 11.8. The number of fused-ring (bicyclic) bond motifs is 5. The maximum absolute atomic E-state index is 12.1. The van der Waals surface area contributed by atoms with Crippen LogP contribution >= 0.6 is 0 Å². The molecule has 5 fully saturated rings. The summed E-state index contributed by atoms with van der Waals surface area (Å²) in [7, 11) is 0. The van der Waals surface area contributed by atoms with Gasteiger partial charge in [0.25, 0.3) is 0 Å². The Kier molecular flexibility index (Phi) is 3.98. The molecule has 5 aliphatic rings. The van der Waals surface area contributed by atoms with E-state index in [0.717, 1.165) is 36.5 Å². The van der Waals surface area contributed by atoms with E-state index in [4.69, 9.17) is 0 Å². The Balaban J connectivity index is 1.44. The zero-order valence-corrected chi connectivity index (χ0v) is 17.5. The molecule has 0 radical (unpaired) electrons. The Hall–Kier alpha value is -0.330. The molecule has 5 saturated carbocycles. The molecule has 1 heteroatoms. The molecule has 0 N–H and O–H groups in total. The van der Waals surface area contributed by atoms with Gasteiger partial charge >= 0.3 is 0 Å². The highest BCUT2D eigenvalue weighted by Gasteiger charge is 2.64. The van der Waals surface area contributed by atoms with Crippen molar-refractivity contribution in [3.63, 3.8) is 0 Å². The lowest BCUT2D eigenvalue weighted by atomic mass is 9.43. The SMILES string of the molecule is C[C@]12CCC(=O)CC1CCC1[C@@H]2CC[C@@]2(C)[C@H]1CC[C@]2(C)C1CCCC1. The highest BCUT2D eigenvalue weighted by molar-refractivity contribution is 5.79. The minimum atomic E-state index is 0.477. The van der Waals surface area contributed by atoms with Crippen LogP contribution in [-0.4, -0.2) is 5.78 Å².